The molecule has 8 aromatic rings. The molecule has 0 radical (unpaired) electrons. The highest BCUT2D eigenvalue weighted by Gasteiger charge is 2.51. The van der Waals surface area contributed by atoms with Crippen LogP contribution in [0, 0.1) is 0 Å². The van der Waals surface area contributed by atoms with E-state index in [2.05, 4.69) is 235 Å². The number of nitrogens with zero attached hydrogens (tertiary/aromatic N) is 4. The first kappa shape index (κ1) is 37.7. The van der Waals surface area contributed by atoms with Crippen LogP contribution in [0.2, 0.25) is 0 Å². The molecular formula is C56H52N4. The molecule has 8 aromatic carbocycles. The third kappa shape index (κ3) is 5.64. The second kappa shape index (κ2) is 13.5. The molecule has 0 atom stereocenters. The van der Waals surface area contributed by atoms with E-state index in [1.165, 1.54) is 54.6 Å². The molecule has 0 fully saturated rings. The monoisotopic (exact) mass is 780 g/mol. The molecule has 0 saturated heterocycles. The summed E-state index contributed by atoms with van der Waals surface area (Å²) >= 11 is 0. The maximum absolute atomic E-state index is 5.39. The molecule has 2 aliphatic rings. The Bertz CT molecular complexity index is 3010. The number of rotatable bonds is 6. The van der Waals surface area contributed by atoms with Gasteiger partial charge >= 0.3 is 0 Å². The van der Waals surface area contributed by atoms with Gasteiger partial charge in [-0.1, -0.05) is 146 Å². The number of amidine groups is 2. The number of anilines is 2. The van der Waals surface area contributed by atoms with E-state index >= 15 is 0 Å². The second-order valence-electron chi connectivity index (χ2n) is 18.6. The van der Waals surface area contributed by atoms with Crippen molar-refractivity contribution in [2.24, 2.45) is 9.98 Å². The van der Waals surface area contributed by atoms with Crippen LogP contribution in [0.15, 0.2) is 180 Å². The lowest BCUT2D eigenvalue weighted by Crippen LogP contribution is -2.53. The normalized spacial score (nSPS) is 17.7. The molecule has 296 valence electrons. The van der Waals surface area contributed by atoms with Crippen LogP contribution in [0.3, 0.4) is 0 Å². The fraction of sp³-hybridized carbons (Fsp3) is 0.214. The number of para-hydroxylation sites is 2. The van der Waals surface area contributed by atoms with Gasteiger partial charge in [-0.15, -0.1) is 0 Å². The maximum atomic E-state index is 5.39. The van der Waals surface area contributed by atoms with Crippen molar-refractivity contribution in [3.8, 4) is 22.3 Å². The van der Waals surface area contributed by atoms with Gasteiger partial charge in [0.25, 0.3) is 0 Å². The third-order valence-electron chi connectivity index (χ3n) is 14.1. The average Bonchev–Trinajstić information content (AvgIpc) is 3.58. The molecule has 2 heterocycles. The van der Waals surface area contributed by atoms with Gasteiger partial charge in [-0.3, -0.25) is 9.98 Å². The van der Waals surface area contributed by atoms with E-state index in [9.17, 15) is 0 Å². The molecule has 10 rings (SSSR count). The Morgan fingerprint density at radius 3 is 1.20 bits per heavy atom. The maximum Gasteiger partial charge on any atom is 0.136 e. The Hall–Kier alpha value is -6.52. The zero-order valence-corrected chi connectivity index (χ0v) is 36.0. The molecule has 0 N–H and O–H groups in total. The van der Waals surface area contributed by atoms with Crippen molar-refractivity contribution in [2.45, 2.75) is 77.5 Å². The minimum atomic E-state index is -0.283. The van der Waals surface area contributed by atoms with Crippen LogP contribution < -0.4 is 9.80 Å². The lowest BCUT2D eigenvalue weighted by molar-refractivity contribution is 0.338. The van der Waals surface area contributed by atoms with Gasteiger partial charge in [0.2, 0.25) is 0 Å². The van der Waals surface area contributed by atoms with E-state index in [1.54, 1.807) is 0 Å². The SMILES string of the molecule is CC1(C)N=C(c2ccc(-c3c4ccccc4c(-c4ccc(C5=NC(C)(C)C(C)(C)N5c5ccccc5)cc4)c4c3ccc3ccccc34)cc2)N(c2ccccc2)C1(C)C. The lowest BCUT2D eigenvalue weighted by atomic mass is 9.82. The summed E-state index contributed by atoms with van der Waals surface area (Å²) in [6.07, 6.45) is 0. The fourth-order valence-corrected chi connectivity index (χ4v) is 9.54. The number of fused-ring (bicyclic) bond motifs is 4. The lowest BCUT2D eigenvalue weighted by Gasteiger charge is -2.41. The highest BCUT2D eigenvalue weighted by Crippen LogP contribution is 2.48. The summed E-state index contributed by atoms with van der Waals surface area (Å²) in [6.45, 7) is 18.2. The van der Waals surface area contributed by atoms with Gasteiger partial charge in [0.1, 0.15) is 11.7 Å². The minimum Gasteiger partial charge on any atom is -0.318 e. The number of hydrogen-bond donors (Lipinski definition) is 0. The number of benzene rings is 8. The predicted octanol–water partition coefficient (Wildman–Crippen LogP) is 14.1. The van der Waals surface area contributed by atoms with Crippen molar-refractivity contribution in [1.82, 2.24) is 0 Å². The van der Waals surface area contributed by atoms with Gasteiger partial charge in [-0.05, 0) is 134 Å². The highest BCUT2D eigenvalue weighted by molar-refractivity contribution is 6.28. The minimum absolute atomic E-state index is 0.219. The van der Waals surface area contributed by atoms with Crippen LogP contribution >= 0.6 is 0 Å². The van der Waals surface area contributed by atoms with Gasteiger partial charge in [-0.2, -0.15) is 0 Å². The molecule has 0 spiro atoms. The summed E-state index contributed by atoms with van der Waals surface area (Å²) in [4.78, 5) is 15.6. The van der Waals surface area contributed by atoms with E-state index in [1.807, 2.05) is 0 Å². The molecule has 4 nitrogen and oxygen atoms in total. The molecule has 0 bridgehead atoms. The van der Waals surface area contributed by atoms with Crippen molar-refractivity contribution < 1.29 is 0 Å². The van der Waals surface area contributed by atoms with Crippen molar-refractivity contribution >= 4 is 55.4 Å². The van der Waals surface area contributed by atoms with Crippen LogP contribution in [-0.4, -0.2) is 33.8 Å². The molecular weight excluding hydrogens is 729 g/mol. The van der Waals surface area contributed by atoms with E-state index in [0.29, 0.717) is 0 Å². The van der Waals surface area contributed by atoms with Crippen LogP contribution in [-0.2, 0) is 0 Å². The van der Waals surface area contributed by atoms with Gasteiger partial charge in [0, 0.05) is 22.5 Å². The first-order valence-electron chi connectivity index (χ1n) is 21.3. The topological polar surface area (TPSA) is 31.2 Å². The number of aliphatic imine (C=N–C) groups is 2. The highest BCUT2D eigenvalue weighted by atomic mass is 15.3. The van der Waals surface area contributed by atoms with Crippen LogP contribution in [0.1, 0.15) is 66.5 Å². The van der Waals surface area contributed by atoms with Crippen LogP contribution in [0.5, 0.6) is 0 Å². The Balaban J connectivity index is 1.13. The summed E-state index contributed by atoms with van der Waals surface area (Å²) in [5.74, 6) is 2.01. The van der Waals surface area contributed by atoms with E-state index < -0.39 is 0 Å². The van der Waals surface area contributed by atoms with Gasteiger partial charge in [0.05, 0.1) is 22.2 Å². The van der Waals surface area contributed by atoms with Gasteiger partial charge in [-0.25, -0.2) is 0 Å². The second-order valence-corrected chi connectivity index (χ2v) is 18.6. The summed E-state index contributed by atoms with van der Waals surface area (Å²) in [5, 5.41) is 7.46. The molecule has 0 aliphatic carbocycles. The van der Waals surface area contributed by atoms with Crippen molar-refractivity contribution in [3.05, 3.63) is 181 Å². The van der Waals surface area contributed by atoms with Gasteiger partial charge in [0.15, 0.2) is 0 Å². The summed E-state index contributed by atoms with van der Waals surface area (Å²) in [6, 6.07) is 62.0. The predicted molar refractivity (Wildman–Crippen MR) is 257 cm³/mol. The third-order valence-corrected chi connectivity index (χ3v) is 14.1. The molecule has 2 aliphatic heterocycles. The molecule has 60 heavy (non-hydrogen) atoms. The average molecular weight is 781 g/mol. The van der Waals surface area contributed by atoms with Crippen molar-refractivity contribution in [3.63, 3.8) is 0 Å². The van der Waals surface area contributed by atoms with E-state index in [0.717, 1.165) is 34.2 Å². The quantitative estimate of drug-likeness (QED) is 0.124. The Morgan fingerprint density at radius 1 is 0.333 bits per heavy atom. The zero-order chi connectivity index (χ0) is 41.6. The largest absolute Gasteiger partial charge is 0.318 e. The summed E-state index contributed by atoms with van der Waals surface area (Å²) < 4.78 is 0. The van der Waals surface area contributed by atoms with E-state index in [4.69, 9.17) is 9.98 Å². The van der Waals surface area contributed by atoms with Crippen LogP contribution in [0.4, 0.5) is 11.4 Å². The van der Waals surface area contributed by atoms with Crippen LogP contribution in [0.25, 0.3) is 54.6 Å². The zero-order valence-electron chi connectivity index (χ0n) is 36.0. The van der Waals surface area contributed by atoms with E-state index in [-0.39, 0.29) is 22.2 Å². The standard InChI is InChI=1S/C56H52N4/c1-53(2)55(5,6)59(42-20-11-9-12-21-42)51(57-53)40-31-27-38(28-32-40)48-45-25-17-18-26-46(45)49(50-44-24-16-15-19-37(44)35-36-47(48)50)39-29-33-41(34-30-39)52-58-54(3,4)56(7,8)60(52)43-22-13-10-14-23-43/h9-36H,1-8H3. The Morgan fingerprint density at radius 2 is 0.717 bits per heavy atom. The number of hydrogen-bond acceptors (Lipinski definition) is 4. The smallest absolute Gasteiger partial charge is 0.136 e. The first-order chi connectivity index (χ1) is 28.8. The Labute approximate surface area is 354 Å². The van der Waals surface area contributed by atoms with Crippen molar-refractivity contribution in [1.29, 1.82) is 0 Å². The summed E-state index contributed by atoms with van der Waals surface area (Å²) in [5.41, 5.74) is 8.40. The molecule has 0 saturated carbocycles. The fourth-order valence-electron chi connectivity index (χ4n) is 9.54. The molecule has 4 heteroatoms. The Kier molecular flexibility index (Phi) is 8.49. The molecule has 0 unspecified atom stereocenters. The summed E-state index contributed by atoms with van der Waals surface area (Å²) in [7, 11) is 0. The molecule has 0 amide bonds. The van der Waals surface area contributed by atoms with Gasteiger partial charge < -0.3 is 9.80 Å². The van der Waals surface area contributed by atoms with Crippen molar-refractivity contribution in [2.75, 3.05) is 9.80 Å². The first-order valence-corrected chi connectivity index (χ1v) is 21.3. The molecule has 0 aromatic heterocycles.